The largest absolute Gasteiger partial charge is 0.356 e. The summed E-state index contributed by atoms with van der Waals surface area (Å²) >= 11 is 0. The van der Waals surface area contributed by atoms with Crippen LogP contribution < -0.4 is 0 Å². The number of nitrogens with zero attached hydrogens (tertiary/aromatic N) is 1. The second-order valence-electron chi connectivity index (χ2n) is 6.42. The van der Waals surface area contributed by atoms with E-state index in [0.717, 1.165) is 6.42 Å². The van der Waals surface area contributed by atoms with Gasteiger partial charge in [0.15, 0.2) is 0 Å². The molecule has 0 radical (unpaired) electrons. The third-order valence-corrected chi connectivity index (χ3v) is 5.45. The second kappa shape index (κ2) is 4.51. The van der Waals surface area contributed by atoms with Crippen molar-refractivity contribution in [2.45, 2.75) is 58.0 Å². The zero-order chi connectivity index (χ0) is 14.4. The van der Waals surface area contributed by atoms with Gasteiger partial charge in [0.1, 0.15) is 0 Å². The molecule has 1 nitrogen and oxygen atoms in total. The molecule has 0 bridgehead atoms. The third-order valence-electron chi connectivity index (χ3n) is 5.45. The molecule has 3 rings (SSSR count). The van der Waals surface area contributed by atoms with Crippen LogP contribution in [0.5, 0.6) is 0 Å². The smallest absolute Gasteiger partial charge is 0.0817 e. The maximum atomic E-state index is 2.68. The fourth-order valence-corrected chi connectivity index (χ4v) is 4.39. The molecule has 106 valence electrons. The zero-order valence-electron chi connectivity index (χ0n) is 13.1. The van der Waals surface area contributed by atoms with Crippen LogP contribution in [-0.2, 0) is 12.0 Å². The summed E-state index contributed by atoms with van der Waals surface area (Å²) in [6.45, 7) is 9.31. The van der Waals surface area contributed by atoms with E-state index < -0.39 is 0 Å². The van der Waals surface area contributed by atoms with E-state index in [-0.39, 0.29) is 11.1 Å². The first-order chi connectivity index (χ1) is 9.57. The third kappa shape index (κ3) is 1.62. The molecule has 1 aromatic carbocycles. The summed E-state index contributed by atoms with van der Waals surface area (Å²) in [5.41, 5.74) is 4.64. The van der Waals surface area contributed by atoms with Crippen LogP contribution in [0.2, 0.25) is 0 Å². The van der Waals surface area contributed by atoms with Crippen LogP contribution in [0, 0.1) is 0 Å². The molecule has 0 saturated carbocycles. The SMILES string of the molecule is CCC1(CC)Cc2ccccc2C2(C)C=CC=C(C)N12. The van der Waals surface area contributed by atoms with Gasteiger partial charge in [0, 0.05) is 11.2 Å². The second-order valence-corrected chi connectivity index (χ2v) is 6.42. The van der Waals surface area contributed by atoms with E-state index in [1.54, 1.807) is 0 Å². The summed E-state index contributed by atoms with van der Waals surface area (Å²) in [5.74, 6) is 0. The highest BCUT2D eigenvalue weighted by atomic mass is 15.3. The molecule has 0 spiro atoms. The Labute approximate surface area is 123 Å². The first kappa shape index (κ1) is 13.5. The van der Waals surface area contributed by atoms with Crippen LogP contribution in [0.1, 0.15) is 51.7 Å². The van der Waals surface area contributed by atoms with Gasteiger partial charge in [-0.25, -0.2) is 0 Å². The fourth-order valence-electron chi connectivity index (χ4n) is 4.39. The summed E-state index contributed by atoms with van der Waals surface area (Å²) in [7, 11) is 0. The van der Waals surface area contributed by atoms with Gasteiger partial charge < -0.3 is 4.90 Å². The van der Waals surface area contributed by atoms with Gasteiger partial charge in [-0.05, 0) is 50.3 Å². The average Bonchev–Trinajstić information content (AvgIpc) is 2.46. The van der Waals surface area contributed by atoms with Gasteiger partial charge in [0.2, 0.25) is 0 Å². The zero-order valence-corrected chi connectivity index (χ0v) is 13.1. The van der Waals surface area contributed by atoms with Crippen molar-refractivity contribution in [2.75, 3.05) is 0 Å². The van der Waals surface area contributed by atoms with Crippen LogP contribution in [0.3, 0.4) is 0 Å². The molecular weight excluding hydrogens is 242 g/mol. The van der Waals surface area contributed by atoms with Crippen molar-refractivity contribution in [1.29, 1.82) is 0 Å². The van der Waals surface area contributed by atoms with Crippen molar-refractivity contribution in [2.24, 2.45) is 0 Å². The van der Waals surface area contributed by atoms with Gasteiger partial charge in [0.05, 0.1) is 5.54 Å². The molecule has 0 amide bonds. The van der Waals surface area contributed by atoms with E-state index >= 15 is 0 Å². The van der Waals surface area contributed by atoms with Crippen LogP contribution in [0.15, 0.2) is 48.2 Å². The highest BCUT2D eigenvalue weighted by Gasteiger charge is 2.49. The van der Waals surface area contributed by atoms with Gasteiger partial charge in [-0.3, -0.25) is 0 Å². The monoisotopic (exact) mass is 267 g/mol. The summed E-state index contributed by atoms with van der Waals surface area (Å²) in [4.78, 5) is 2.68. The molecule has 1 unspecified atom stereocenters. The van der Waals surface area contributed by atoms with E-state index in [1.165, 1.54) is 29.7 Å². The average molecular weight is 267 g/mol. The lowest BCUT2D eigenvalue weighted by Crippen LogP contribution is -2.60. The minimum atomic E-state index is -0.000301. The van der Waals surface area contributed by atoms with Crippen molar-refractivity contribution >= 4 is 0 Å². The van der Waals surface area contributed by atoms with Gasteiger partial charge in [-0.2, -0.15) is 0 Å². The Hall–Kier alpha value is -1.50. The molecule has 0 aromatic heterocycles. The summed E-state index contributed by atoms with van der Waals surface area (Å²) in [6, 6.07) is 8.98. The number of hydrogen-bond donors (Lipinski definition) is 0. The summed E-state index contributed by atoms with van der Waals surface area (Å²) in [5, 5.41) is 0. The van der Waals surface area contributed by atoms with Crippen molar-refractivity contribution in [1.82, 2.24) is 4.90 Å². The lowest BCUT2D eigenvalue weighted by molar-refractivity contribution is 0.0204. The van der Waals surface area contributed by atoms with Crippen molar-refractivity contribution < 1.29 is 0 Å². The topological polar surface area (TPSA) is 3.24 Å². The molecule has 0 fully saturated rings. The molecule has 0 saturated heterocycles. The minimum absolute atomic E-state index is 0.000301. The number of hydrogen-bond acceptors (Lipinski definition) is 1. The van der Waals surface area contributed by atoms with Crippen molar-refractivity contribution in [3.63, 3.8) is 0 Å². The molecule has 1 atom stereocenters. The number of fused-ring (bicyclic) bond motifs is 3. The van der Waals surface area contributed by atoms with Gasteiger partial charge in [-0.15, -0.1) is 0 Å². The number of benzene rings is 1. The van der Waals surface area contributed by atoms with E-state index in [4.69, 9.17) is 0 Å². The van der Waals surface area contributed by atoms with Crippen LogP contribution in [0.25, 0.3) is 0 Å². The Bertz CT molecular complexity index is 577. The first-order valence-electron chi connectivity index (χ1n) is 7.82. The molecule has 0 aliphatic carbocycles. The van der Waals surface area contributed by atoms with Gasteiger partial charge in [-0.1, -0.05) is 50.3 Å². The minimum Gasteiger partial charge on any atom is -0.356 e. The summed E-state index contributed by atoms with van der Waals surface area (Å²) in [6.07, 6.45) is 10.4. The highest BCUT2D eigenvalue weighted by Crippen LogP contribution is 2.49. The molecule has 2 aliphatic heterocycles. The molecule has 20 heavy (non-hydrogen) atoms. The van der Waals surface area contributed by atoms with Crippen LogP contribution >= 0.6 is 0 Å². The molecule has 0 N–H and O–H groups in total. The Morgan fingerprint density at radius 3 is 2.55 bits per heavy atom. The van der Waals surface area contributed by atoms with E-state index in [9.17, 15) is 0 Å². The van der Waals surface area contributed by atoms with E-state index in [2.05, 4.69) is 75.1 Å². The number of allylic oxidation sites excluding steroid dienone is 3. The maximum absolute atomic E-state index is 2.68. The molecule has 2 aliphatic rings. The van der Waals surface area contributed by atoms with Crippen LogP contribution in [-0.4, -0.2) is 10.4 Å². The van der Waals surface area contributed by atoms with Crippen molar-refractivity contribution in [3.05, 3.63) is 59.3 Å². The highest BCUT2D eigenvalue weighted by molar-refractivity contribution is 5.45. The van der Waals surface area contributed by atoms with Crippen LogP contribution in [0.4, 0.5) is 0 Å². The van der Waals surface area contributed by atoms with E-state index in [1.807, 2.05) is 0 Å². The number of rotatable bonds is 2. The Morgan fingerprint density at radius 2 is 1.85 bits per heavy atom. The molecule has 1 heteroatoms. The molecule has 1 aromatic rings. The van der Waals surface area contributed by atoms with Crippen molar-refractivity contribution in [3.8, 4) is 0 Å². The predicted octanol–water partition coefficient (Wildman–Crippen LogP) is 4.79. The lowest BCUT2D eigenvalue weighted by atomic mass is 9.69. The van der Waals surface area contributed by atoms with E-state index in [0.29, 0.717) is 0 Å². The fraction of sp³-hybridized carbons (Fsp3) is 0.474. The quantitative estimate of drug-likeness (QED) is 0.744. The first-order valence-corrected chi connectivity index (χ1v) is 7.82. The normalized spacial score (nSPS) is 26.8. The molecule has 2 heterocycles. The Balaban J connectivity index is 2.27. The standard InChI is InChI=1S/C19H25N/c1-5-19(6-2)14-16-11-7-8-12-17(16)18(4)13-9-10-15(3)20(18)19/h7-13H,5-6,14H2,1-4H3. The molecular formula is C19H25N. The summed E-state index contributed by atoms with van der Waals surface area (Å²) < 4.78 is 0. The Kier molecular flexibility index (Phi) is 3.04. The van der Waals surface area contributed by atoms with Gasteiger partial charge in [0.25, 0.3) is 0 Å². The maximum Gasteiger partial charge on any atom is 0.0817 e. The van der Waals surface area contributed by atoms with Gasteiger partial charge >= 0.3 is 0 Å². The predicted molar refractivity (Wildman–Crippen MR) is 85.5 cm³/mol. The lowest BCUT2D eigenvalue weighted by Gasteiger charge is -2.59. The Morgan fingerprint density at radius 1 is 1.15 bits per heavy atom.